The van der Waals surface area contributed by atoms with Crippen LogP contribution < -0.4 is 15.1 Å². The van der Waals surface area contributed by atoms with Crippen molar-refractivity contribution in [1.29, 1.82) is 5.26 Å². The number of halogens is 1. The normalized spacial score (nSPS) is 17.5. The SMILES string of the molecule is CC(C)Oc1cc2c(=O)c3c4ccc(C#N)cc4[nH]c3n(C(C)C)c2c(F)c1N1CCC(N2CCOCC2)CC1. The molecule has 0 spiro atoms. The molecule has 1 N–H and O–H groups in total. The van der Waals surface area contributed by atoms with E-state index in [1.807, 2.05) is 32.3 Å². The number of hydrogen-bond acceptors (Lipinski definition) is 6. The van der Waals surface area contributed by atoms with Crippen molar-refractivity contribution in [1.82, 2.24) is 14.5 Å². The summed E-state index contributed by atoms with van der Waals surface area (Å²) in [6.07, 6.45) is 1.67. The first-order chi connectivity index (χ1) is 19.3. The highest BCUT2D eigenvalue weighted by Crippen LogP contribution is 2.41. The summed E-state index contributed by atoms with van der Waals surface area (Å²) in [5.74, 6) is -0.0229. The summed E-state index contributed by atoms with van der Waals surface area (Å²) in [5.41, 5.74) is 2.20. The maximum Gasteiger partial charge on any atom is 0.199 e. The first kappa shape index (κ1) is 26.6. The molecule has 0 aliphatic carbocycles. The Morgan fingerprint density at radius 2 is 1.80 bits per heavy atom. The molecule has 0 bridgehead atoms. The fourth-order valence-electron chi connectivity index (χ4n) is 6.48. The van der Waals surface area contributed by atoms with Crippen LogP contribution in [0.3, 0.4) is 0 Å². The number of aromatic nitrogens is 2. The summed E-state index contributed by atoms with van der Waals surface area (Å²) < 4.78 is 30.6. The number of benzene rings is 2. The number of morpholine rings is 1. The molecular formula is C31H36FN5O3. The lowest BCUT2D eigenvalue weighted by molar-refractivity contribution is 0.0114. The maximum absolute atomic E-state index is 17.0. The quantitative estimate of drug-likeness (QED) is 0.366. The van der Waals surface area contributed by atoms with Gasteiger partial charge in [0.1, 0.15) is 17.1 Å². The highest BCUT2D eigenvalue weighted by Gasteiger charge is 2.31. The molecule has 4 aromatic rings. The van der Waals surface area contributed by atoms with Gasteiger partial charge in [-0.25, -0.2) is 4.39 Å². The van der Waals surface area contributed by atoms with Crippen LogP contribution in [0.1, 0.15) is 52.1 Å². The molecule has 2 saturated heterocycles. The van der Waals surface area contributed by atoms with Crippen LogP contribution in [0, 0.1) is 17.1 Å². The van der Waals surface area contributed by atoms with Crippen LogP contribution in [0.25, 0.3) is 32.8 Å². The molecule has 0 saturated carbocycles. The molecular weight excluding hydrogens is 509 g/mol. The summed E-state index contributed by atoms with van der Waals surface area (Å²) in [6.45, 7) is 12.6. The van der Waals surface area contributed by atoms with Gasteiger partial charge in [0.2, 0.25) is 0 Å². The molecule has 9 heteroatoms. The van der Waals surface area contributed by atoms with Gasteiger partial charge in [0.15, 0.2) is 11.2 Å². The van der Waals surface area contributed by atoms with Gasteiger partial charge in [-0.3, -0.25) is 9.69 Å². The van der Waals surface area contributed by atoms with Crippen LogP contribution in [0.2, 0.25) is 0 Å². The molecule has 4 heterocycles. The average Bonchev–Trinajstić information content (AvgIpc) is 3.32. The highest BCUT2D eigenvalue weighted by molar-refractivity contribution is 6.10. The minimum Gasteiger partial charge on any atom is -0.489 e. The molecule has 2 fully saturated rings. The number of pyridine rings is 1. The number of anilines is 1. The van der Waals surface area contributed by atoms with Crippen molar-refractivity contribution in [3.05, 3.63) is 45.9 Å². The fourth-order valence-corrected chi connectivity index (χ4v) is 6.48. The van der Waals surface area contributed by atoms with Crippen LogP contribution in [0.15, 0.2) is 29.1 Å². The van der Waals surface area contributed by atoms with Crippen LogP contribution in [-0.4, -0.2) is 66.0 Å². The van der Waals surface area contributed by atoms with E-state index < -0.39 is 5.82 Å². The van der Waals surface area contributed by atoms with Crippen LogP contribution in [0.5, 0.6) is 5.75 Å². The third kappa shape index (κ3) is 4.40. The Morgan fingerprint density at radius 1 is 1.07 bits per heavy atom. The molecule has 0 amide bonds. The Balaban J connectivity index is 1.54. The second-order valence-electron chi connectivity index (χ2n) is 11.5. The van der Waals surface area contributed by atoms with Gasteiger partial charge in [-0.2, -0.15) is 5.26 Å². The van der Waals surface area contributed by atoms with Crippen LogP contribution in [0.4, 0.5) is 10.1 Å². The molecule has 2 aromatic heterocycles. The van der Waals surface area contributed by atoms with Gasteiger partial charge in [0.25, 0.3) is 0 Å². The Hall–Kier alpha value is -3.61. The summed E-state index contributed by atoms with van der Waals surface area (Å²) in [5, 5.41) is 10.9. The van der Waals surface area contributed by atoms with E-state index in [9.17, 15) is 10.1 Å². The van der Waals surface area contributed by atoms with Gasteiger partial charge in [-0.05, 0) is 58.7 Å². The first-order valence-corrected chi connectivity index (χ1v) is 14.3. The minimum absolute atomic E-state index is 0.139. The molecule has 2 aliphatic rings. The minimum atomic E-state index is -0.429. The highest BCUT2D eigenvalue weighted by atomic mass is 19.1. The largest absolute Gasteiger partial charge is 0.489 e. The van der Waals surface area contributed by atoms with Gasteiger partial charge in [-0.1, -0.05) is 6.07 Å². The zero-order valence-corrected chi connectivity index (χ0v) is 23.6. The van der Waals surface area contributed by atoms with E-state index in [-0.39, 0.29) is 23.1 Å². The molecule has 8 nitrogen and oxygen atoms in total. The molecule has 40 heavy (non-hydrogen) atoms. The molecule has 210 valence electrons. The Labute approximate surface area is 232 Å². The predicted octanol–water partition coefficient (Wildman–Crippen LogP) is 5.32. The van der Waals surface area contributed by atoms with Crippen molar-refractivity contribution in [2.45, 2.75) is 58.7 Å². The maximum atomic E-state index is 17.0. The molecule has 0 atom stereocenters. The van der Waals surface area contributed by atoms with Crippen molar-refractivity contribution in [2.24, 2.45) is 0 Å². The standard InChI is InChI=1S/C31H36FN5O3/c1-18(2)37-28-23(30(38)26-22-6-5-20(17-33)15-24(22)34-31(26)37)16-25(40-19(3)4)29(27(28)32)36-9-7-21(8-10-36)35-11-13-39-14-12-35/h5-6,15-16,18-19,21,34H,7-14H2,1-4H3. The molecule has 0 unspecified atom stereocenters. The molecule has 2 aromatic carbocycles. The number of ether oxygens (including phenoxy) is 2. The summed E-state index contributed by atoms with van der Waals surface area (Å²) in [6, 6.07) is 9.44. The van der Waals surface area contributed by atoms with Crippen molar-refractivity contribution >= 4 is 38.5 Å². The predicted molar refractivity (Wildman–Crippen MR) is 156 cm³/mol. The van der Waals surface area contributed by atoms with Crippen LogP contribution >= 0.6 is 0 Å². The fraction of sp³-hybridized carbons (Fsp3) is 0.484. The summed E-state index contributed by atoms with van der Waals surface area (Å²) in [7, 11) is 0. The van der Waals surface area contributed by atoms with E-state index in [1.165, 1.54) is 0 Å². The van der Waals surface area contributed by atoms with Gasteiger partial charge < -0.3 is 23.9 Å². The first-order valence-electron chi connectivity index (χ1n) is 14.3. The van der Waals surface area contributed by atoms with Crippen molar-refractivity contribution in [3.8, 4) is 11.8 Å². The van der Waals surface area contributed by atoms with Crippen LogP contribution in [-0.2, 0) is 4.74 Å². The average molecular weight is 546 g/mol. The van der Waals surface area contributed by atoms with E-state index in [1.54, 1.807) is 24.3 Å². The zero-order chi connectivity index (χ0) is 28.1. The van der Waals surface area contributed by atoms with Gasteiger partial charge in [0.05, 0.1) is 47.2 Å². The zero-order valence-electron chi connectivity index (χ0n) is 23.6. The van der Waals surface area contributed by atoms with E-state index in [4.69, 9.17) is 9.47 Å². The molecule has 0 radical (unpaired) electrons. The summed E-state index contributed by atoms with van der Waals surface area (Å²) >= 11 is 0. The monoisotopic (exact) mass is 545 g/mol. The van der Waals surface area contributed by atoms with E-state index >= 15 is 4.39 Å². The number of nitriles is 1. The van der Waals surface area contributed by atoms with Crippen molar-refractivity contribution in [2.75, 3.05) is 44.3 Å². The molecule has 6 rings (SSSR count). The van der Waals surface area contributed by atoms with Crippen molar-refractivity contribution in [3.63, 3.8) is 0 Å². The third-order valence-electron chi connectivity index (χ3n) is 8.26. The number of piperidine rings is 1. The number of rotatable bonds is 5. The number of hydrogen-bond donors (Lipinski definition) is 1. The second kappa shape index (κ2) is 10.4. The van der Waals surface area contributed by atoms with Gasteiger partial charge in [0, 0.05) is 49.2 Å². The third-order valence-corrected chi connectivity index (χ3v) is 8.26. The summed E-state index contributed by atoms with van der Waals surface area (Å²) in [4.78, 5) is 22.0. The Kier molecular flexibility index (Phi) is 6.93. The molecule has 2 aliphatic heterocycles. The van der Waals surface area contributed by atoms with Crippen molar-refractivity contribution < 1.29 is 13.9 Å². The topological polar surface area (TPSA) is 86.5 Å². The Morgan fingerprint density at radius 3 is 2.45 bits per heavy atom. The smallest absolute Gasteiger partial charge is 0.199 e. The van der Waals surface area contributed by atoms with E-state index in [0.717, 1.165) is 44.5 Å². The lowest BCUT2D eigenvalue weighted by Crippen LogP contribution is -2.49. The lowest BCUT2D eigenvalue weighted by Gasteiger charge is -2.41. The second-order valence-corrected chi connectivity index (χ2v) is 11.5. The van der Waals surface area contributed by atoms with Gasteiger partial charge in [-0.15, -0.1) is 0 Å². The number of fused-ring (bicyclic) bond motifs is 4. The van der Waals surface area contributed by atoms with E-state index in [0.29, 0.717) is 58.1 Å². The Bertz CT molecular complexity index is 1690. The van der Waals surface area contributed by atoms with Gasteiger partial charge >= 0.3 is 0 Å². The number of H-pyrrole nitrogens is 1. The van der Waals surface area contributed by atoms with E-state index in [2.05, 4.69) is 20.9 Å². The number of nitrogens with zero attached hydrogens (tertiary/aromatic N) is 4. The number of aromatic amines is 1. The lowest BCUT2D eigenvalue weighted by atomic mass is 10.0. The number of nitrogens with one attached hydrogen (secondary N) is 1.